The fourth-order valence-electron chi connectivity index (χ4n) is 15.8. The average Bonchev–Trinajstić information content (AvgIpc) is 1.54. The van der Waals surface area contributed by atoms with Gasteiger partial charge in [-0.25, -0.2) is 28.7 Å². The molecule has 4 aliphatic rings. The fraction of sp³-hybridized carbons (Fsp3) is 0.231. The second-order valence-corrected chi connectivity index (χ2v) is 34.5. The Bertz CT molecular complexity index is 6350. The van der Waals surface area contributed by atoms with Gasteiger partial charge in [0.15, 0.2) is 23.1 Å². The van der Waals surface area contributed by atoms with Crippen molar-refractivity contribution in [2.24, 2.45) is 0 Å². The predicted molar refractivity (Wildman–Crippen MR) is 522 cm³/mol. The molecule has 24 nitrogen and oxygen atoms in total. The molecule has 16 rings (SSSR count). The zero-order chi connectivity index (χ0) is 94.9. The van der Waals surface area contributed by atoms with Crippen LogP contribution >= 0.6 is 46.4 Å². The first-order chi connectivity index (χ1) is 64.6. The van der Waals surface area contributed by atoms with E-state index >= 15 is 0 Å². The Morgan fingerprint density at radius 1 is 0.284 bits per heavy atom. The van der Waals surface area contributed by atoms with Crippen molar-refractivity contribution >= 4 is 140 Å². The summed E-state index contributed by atoms with van der Waals surface area (Å²) in [6.45, 7) is 10.6. The number of carbonyl (C=O) groups excluding carboxylic acids is 8. The second-order valence-electron chi connectivity index (χ2n) is 32.7. The molecule has 4 aromatic heterocycles. The van der Waals surface area contributed by atoms with Crippen LogP contribution in [0.15, 0.2) is 243 Å². The molecule has 134 heavy (non-hydrogen) atoms. The van der Waals surface area contributed by atoms with Gasteiger partial charge >= 0.3 is 0 Å². The molecule has 0 aliphatic carbocycles. The summed E-state index contributed by atoms with van der Waals surface area (Å²) in [6.07, 6.45) is 16.5. The summed E-state index contributed by atoms with van der Waals surface area (Å²) in [5, 5.41) is 46.2. The number of Topliss-reactive ketones (excluding diaryl/α,β-unsaturated/α-hetero) is 4. The second kappa shape index (κ2) is 46.8. The highest BCUT2D eigenvalue weighted by Gasteiger charge is 2.27. The topological polar surface area (TPSA) is 345 Å². The molecule has 0 bridgehead atoms. The molecule has 8 aromatic carbocycles. The van der Waals surface area contributed by atoms with Gasteiger partial charge in [-0.15, -0.1) is 0 Å². The number of hydrogen-bond acceptors (Lipinski definition) is 16. The molecule has 0 radical (unpaired) electrons. The molecule has 4 amide bonds. The predicted octanol–water partition coefficient (Wildman–Crippen LogP) is 21.0. The Balaban J connectivity index is 0.000000152. The number of anilines is 4. The van der Waals surface area contributed by atoms with E-state index in [1.54, 1.807) is 146 Å². The third kappa shape index (κ3) is 26.6. The Hall–Kier alpha value is -14.2. The SMILES string of the molecule is Cc1ccc(CC(=O)c2ccc(C(=N)N3CCCC3)cc2)c(C(=O)Nc2ccc(Cl)cn2)c1.Cc1ccc(CC(=O)c2ccc(C(=N)N3CCCCC3)cc2)c(C(=O)Nc2ccc(Cl)cn2)c1.N=C(c1ccc(C(=O)Cc2ccccc2C(=O)Nc2ccc(Cl)cn2)c(F)c1)N1CCCC1.N=C(c1ccc(C(=O)Cc2ccccc2C(=O)Nc2ccc(Cl)cn2)c(F)c1)N1CCCCC1. The Morgan fingerprint density at radius 3 is 0.828 bits per heavy atom. The molecule has 0 saturated carbocycles. The number of piperidine rings is 2. The minimum atomic E-state index is -0.672. The minimum Gasteiger partial charge on any atom is -0.357 e. The van der Waals surface area contributed by atoms with E-state index in [9.17, 15) is 47.1 Å². The maximum absolute atomic E-state index is 14.9. The summed E-state index contributed by atoms with van der Waals surface area (Å²) in [5.74, 6) is -0.939. The highest BCUT2D eigenvalue weighted by molar-refractivity contribution is 6.31. The van der Waals surface area contributed by atoms with Crippen molar-refractivity contribution in [1.29, 1.82) is 21.6 Å². The fourth-order valence-corrected chi connectivity index (χ4v) is 16.2. The molecule has 0 spiro atoms. The highest BCUT2D eigenvalue weighted by atomic mass is 35.5. The summed E-state index contributed by atoms with van der Waals surface area (Å²) in [5.41, 5.74) is 9.05. The lowest BCUT2D eigenvalue weighted by molar-refractivity contribution is 0.0976. The van der Waals surface area contributed by atoms with E-state index in [0.717, 1.165) is 132 Å². The number of carbonyl (C=O) groups is 8. The number of halogens is 6. The zero-order valence-corrected chi connectivity index (χ0v) is 76.8. The van der Waals surface area contributed by atoms with Gasteiger partial charge in [-0.3, -0.25) is 60.0 Å². The summed E-state index contributed by atoms with van der Waals surface area (Å²) >= 11 is 23.4. The van der Waals surface area contributed by atoms with Crippen molar-refractivity contribution in [3.05, 3.63) is 375 Å². The number of likely N-dealkylation sites (tertiary alicyclic amines) is 4. The van der Waals surface area contributed by atoms with Crippen LogP contribution in [0.5, 0.6) is 0 Å². The monoisotopic (exact) mass is 1880 g/mol. The molecule has 0 atom stereocenters. The summed E-state index contributed by atoms with van der Waals surface area (Å²) in [7, 11) is 0. The largest absolute Gasteiger partial charge is 0.357 e. The smallest absolute Gasteiger partial charge is 0.257 e. The first-order valence-corrected chi connectivity index (χ1v) is 45.5. The zero-order valence-electron chi connectivity index (χ0n) is 73.8. The normalized spacial score (nSPS) is 13.3. The molecule has 30 heteroatoms. The number of nitrogens with zero attached hydrogens (tertiary/aromatic N) is 8. The lowest BCUT2D eigenvalue weighted by Crippen LogP contribution is -2.35. The van der Waals surface area contributed by atoms with Crippen molar-refractivity contribution in [2.45, 2.75) is 104 Å². The maximum Gasteiger partial charge on any atom is 0.257 e. The molecule has 684 valence electrons. The van der Waals surface area contributed by atoms with Gasteiger partial charge in [0.1, 0.15) is 58.2 Å². The summed E-state index contributed by atoms with van der Waals surface area (Å²) in [6, 6.07) is 60.1. The van der Waals surface area contributed by atoms with Gasteiger partial charge in [-0.05, 0) is 197 Å². The highest BCUT2D eigenvalue weighted by Crippen LogP contribution is 2.28. The van der Waals surface area contributed by atoms with Crippen molar-refractivity contribution in [1.82, 2.24) is 39.5 Å². The van der Waals surface area contributed by atoms with Crippen LogP contribution < -0.4 is 21.3 Å². The number of pyridine rings is 4. The van der Waals surface area contributed by atoms with Crippen LogP contribution in [0.1, 0.15) is 203 Å². The van der Waals surface area contributed by atoms with Gasteiger partial charge in [0, 0.05) is 158 Å². The molecule has 4 saturated heterocycles. The summed E-state index contributed by atoms with van der Waals surface area (Å²) in [4.78, 5) is 127. The standard InChI is InChI=1S/C27H27ClN4O2.C26H24ClFN4O2.C26H25ClN4O2.C25H22ClFN4O2/c1-18-5-6-21(23(15-18)27(34)31-25-12-11-22(28)17-30-25)16-24(33)19-7-9-20(10-8-19)26(29)32-13-3-2-4-14-32;27-19-9-11-24(30-16-19)31-26(34)20-7-3-2-6-17(20)15-23(33)21-10-8-18(14-22(21)28)25(29)32-12-4-1-5-13-32;1-17-4-5-20(22(14-17)26(33)30-24-11-10-21(27)16-29-24)15-23(32)18-6-8-19(9-7-18)25(28)31-12-2-3-13-31;26-18-8-10-23(29-15-18)30-25(33)19-6-2-1-5-16(19)14-22(32)20-9-7-17(13-21(20)27)24(28)31-11-3-4-12-31/h5-12,15,17,29H,2-4,13-14,16H2,1H3,(H,30,31,34);2-3,6-11,14,16,29H,1,4-5,12-13,15H2,(H,30,31,34);4-11,14,16,28H,2-3,12-13,15H2,1H3,(H,29,30,33);1-2,5-10,13,15,28H,3-4,11-12,14H2,(H,29,30,33). The van der Waals surface area contributed by atoms with E-state index in [0.29, 0.717) is 122 Å². The number of aromatic nitrogens is 4. The molecule has 12 aromatic rings. The Labute approximate surface area is 795 Å². The lowest BCUT2D eigenvalue weighted by atomic mass is 9.96. The van der Waals surface area contributed by atoms with Crippen molar-refractivity contribution in [2.75, 3.05) is 73.6 Å². The third-order valence-corrected chi connectivity index (χ3v) is 24.0. The number of rotatable bonds is 24. The third-order valence-electron chi connectivity index (χ3n) is 23.1. The number of amidine groups is 4. The van der Waals surface area contributed by atoms with Crippen molar-refractivity contribution in [3.8, 4) is 0 Å². The molecule has 4 fully saturated rings. The average molecular weight is 1880 g/mol. The van der Waals surface area contributed by atoms with Gasteiger partial charge in [0.25, 0.3) is 23.6 Å². The van der Waals surface area contributed by atoms with Crippen LogP contribution in [0.4, 0.5) is 32.1 Å². The van der Waals surface area contributed by atoms with E-state index in [-0.39, 0.29) is 71.9 Å². The quantitative estimate of drug-likeness (QED) is 0.0158. The van der Waals surface area contributed by atoms with Crippen LogP contribution in [0.3, 0.4) is 0 Å². The van der Waals surface area contributed by atoms with Crippen LogP contribution in [0.25, 0.3) is 0 Å². The van der Waals surface area contributed by atoms with Gasteiger partial charge in [-0.1, -0.05) is 179 Å². The number of amides is 4. The number of benzene rings is 8. The van der Waals surface area contributed by atoms with Gasteiger partial charge in [0.05, 0.1) is 31.2 Å². The minimum absolute atomic E-state index is 0.0650. The van der Waals surface area contributed by atoms with Crippen LogP contribution in [0.2, 0.25) is 20.1 Å². The number of hydrogen-bond donors (Lipinski definition) is 8. The Morgan fingerprint density at radius 2 is 0.537 bits per heavy atom. The first kappa shape index (κ1) is 97.4. The van der Waals surface area contributed by atoms with Gasteiger partial charge in [-0.2, -0.15) is 0 Å². The van der Waals surface area contributed by atoms with Crippen LogP contribution in [-0.2, 0) is 25.7 Å². The Kier molecular flexibility index (Phi) is 34.0. The van der Waals surface area contributed by atoms with Gasteiger partial charge in [0.2, 0.25) is 0 Å². The van der Waals surface area contributed by atoms with E-state index < -0.39 is 35.0 Å². The van der Waals surface area contributed by atoms with Crippen LogP contribution in [-0.4, -0.2) is 162 Å². The van der Waals surface area contributed by atoms with E-state index in [2.05, 4.69) is 51.0 Å². The molecular formula is C104H98Cl4F2N16O8. The molecule has 0 unspecified atom stereocenters. The summed E-state index contributed by atoms with van der Waals surface area (Å²) < 4.78 is 29.7. The number of ketones is 4. The molecule has 8 N–H and O–H groups in total. The molecular weight excluding hydrogens is 1780 g/mol. The first-order valence-electron chi connectivity index (χ1n) is 44.0. The van der Waals surface area contributed by atoms with E-state index in [1.165, 1.54) is 55.5 Å². The molecule has 4 aliphatic heterocycles. The van der Waals surface area contributed by atoms with Crippen molar-refractivity contribution in [3.63, 3.8) is 0 Å². The maximum atomic E-state index is 14.9. The van der Waals surface area contributed by atoms with Crippen molar-refractivity contribution < 1.29 is 47.1 Å². The van der Waals surface area contributed by atoms with E-state index in [1.807, 2.05) is 72.2 Å². The van der Waals surface area contributed by atoms with Gasteiger partial charge < -0.3 is 40.9 Å². The number of aryl methyl sites for hydroxylation is 2. The lowest BCUT2D eigenvalue weighted by Gasteiger charge is -2.29. The van der Waals surface area contributed by atoms with E-state index in [4.69, 9.17) is 68.0 Å². The molecule has 8 heterocycles. The van der Waals surface area contributed by atoms with Crippen LogP contribution in [0, 0.1) is 47.1 Å². The number of nitrogens with one attached hydrogen (secondary N) is 8.